The van der Waals surface area contributed by atoms with Crippen molar-refractivity contribution in [2.75, 3.05) is 13.1 Å². The van der Waals surface area contributed by atoms with Gasteiger partial charge in [-0.1, -0.05) is 37.1 Å². The summed E-state index contributed by atoms with van der Waals surface area (Å²) in [6.07, 6.45) is 2.84. The molecule has 3 heterocycles. The summed E-state index contributed by atoms with van der Waals surface area (Å²) in [4.78, 5) is 12.9. The van der Waals surface area contributed by atoms with Crippen LogP contribution in [0.25, 0.3) is 11.3 Å². The lowest BCUT2D eigenvalue weighted by atomic mass is 10.1. The van der Waals surface area contributed by atoms with Crippen LogP contribution in [-0.2, 0) is 11.2 Å². The van der Waals surface area contributed by atoms with E-state index in [9.17, 15) is 9.90 Å². The van der Waals surface area contributed by atoms with E-state index in [0.29, 0.717) is 18.1 Å². The number of halogens is 1. The van der Waals surface area contributed by atoms with Gasteiger partial charge < -0.3 is 5.11 Å². The standard InChI is InChI=1S/C19H23ClN4O2/c1-2-5-15-12-16(13-6-8-14(20)9-7-13)21-24(15)17-18(25)22-10-3-4-11-23(22)19(17)26/h6-9,12,17-18,25H,2-5,10-11H2,1H3. The van der Waals surface area contributed by atoms with Gasteiger partial charge in [0.1, 0.15) is 0 Å². The lowest BCUT2D eigenvalue weighted by Gasteiger charge is -2.33. The first-order chi connectivity index (χ1) is 12.6. The van der Waals surface area contributed by atoms with Gasteiger partial charge in [0.2, 0.25) is 0 Å². The van der Waals surface area contributed by atoms with Gasteiger partial charge in [-0.2, -0.15) is 10.1 Å². The van der Waals surface area contributed by atoms with Crippen molar-refractivity contribution in [2.24, 2.45) is 0 Å². The SMILES string of the molecule is CCCc1cc(-c2ccc(Cl)cc2)nn1C1C(=O)N2CCCCN2C1O. The van der Waals surface area contributed by atoms with Crippen LogP contribution in [0.15, 0.2) is 30.3 Å². The summed E-state index contributed by atoms with van der Waals surface area (Å²) in [7, 11) is 0. The Bertz CT molecular complexity index is 804. The summed E-state index contributed by atoms with van der Waals surface area (Å²) in [6.45, 7) is 3.47. The van der Waals surface area contributed by atoms with Crippen LogP contribution in [0.5, 0.6) is 0 Å². The Kier molecular flexibility index (Phi) is 4.73. The Morgan fingerprint density at radius 2 is 1.96 bits per heavy atom. The molecule has 138 valence electrons. The number of fused-ring (bicyclic) bond motifs is 1. The molecule has 2 fully saturated rings. The van der Waals surface area contributed by atoms with Gasteiger partial charge in [0.15, 0.2) is 12.3 Å². The molecule has 2 aliphatic heterocycles. The number of amides is 1. The molecule has 0 saturated carbocycles. The van der Waals surface area contributed by atoms with Crippen LogP contribution in [0, 0.1) is 0 Å². The zero-order valence-electron chi connectivity index (χ0n) is 14.8. The molecule has 0 spiro atoms. The zero-order chi connectivity index (χ0) is 18.3. The Hall–Kier alpha value is -1.89. The highest BCUT2D eigenvalue weighted by Gasteiger charge is 2.48. The van der Waals surface area contributed by atoms with Crippen molar-refractivity contribution in [3.05, 3.63) is 41.0 Å². The fourth-order valence-electron chi connectivity index (χ4n) is 3.85. The molecule has 2 aromatic rings. The average Bonchev–Trinajstić information content (AvgIpc) is 3.16. The molecule has 26 heavy (non-hydrogen) atoms. The molecule has 6 nitrogen and oxygen atoms in total. The molecular formula is C19H23ClN4O2. The molecule has 2 aliphatic rings. The second kappa shape index (κ2) is 7.02. The van der Waals surface area contributed by atoms with E-state index in [1.54, 1.807) is 14.7 Å². The monoisotopic (exact) mass is 374 g/mol. The van der Waals surface area contributed by atoms with Gasteiger partial charge in [-0.15, -0.1) is 0 Å². The fourth-order valence-corrected chi connectivity index (χ4v) is 3.98. The maximum Gasteiger partial charge on any atom is 0.266 e. The number of hydrogen-bond acceptors (Lipinski definition) is 4. The van der Waals surface area contributed by atoms with Crippen molar-refractivity contribution in [3.63, 3.8) is 0 Å². The number of aliphatic hydroxyl groups is 1. The van der Waals surface area contributed by atoms with E-state index in [1.807, 2.05) is 30.3 Å². The normalized spacial score (nSPS) is 23.5. The van der Waals surface area contributed by atoms with Crippen molar-refractivity contribution in [1.82, 2.24) is 19.8 Å². The van der Waals surface area contributed by atoms with Crippen LogP contribution < -0.4 is 0 Å². The van der Waals surface area contributed by atoms with Gasteiger partial charge in [-0.3, -0.25) is 14.5 Å². The molecule has 0 aliphatic carbocycles. The second-order valence-electron chi connectivity index (χ2n) is 6.91. The molecule has 2 saturated heterocycles. The topological polar surface area (TPSA) is 61.6 Å². The Morgan fingerprint density at radius 3 is 2.65 bits per heavy atom. The summed E-state index contributed by atoms with van der Waals surface area (Å²) >= 11 is 5.98. The van der Waals surface area contributed by atoms with Crippen molar-refractivity contribution in [2.45, 2.75) is 44.9 Å². The summed E-state index contributed by atoms with van der Waals surface area (Å²) in [5.41, 5.74) is 2.71. The first-order valence-electron chi connectivity index (χ1n) is 9.20. The maximum absolute atomic E-state index is 12.9. The second-order valence-corrected chi connectivity index (χ2v) is 7.35. The molecule has 0 radical (unpaired) electrons. The minimum atomic E-state index is -0.864. The van der Waals surface area contributed by atoms with Crippen molar-refractivity contribution in [3.8, 4) is 11.3 Å². The highest BCUT2D eigenvalue weighted by atomic mass is 35.5. The van der Waals surface area contributed by atoms with Gasteiger partial charge in [0.05, 0.1) is 5.69 Å². The average molecular weight is 375 g/mol. The van der Waals surface area contributed by atoms with Crippen LogP contribution >= 0.6 is 11.6 Å². The van der Waals surface area contributed by atoms with Crippen LogP contribution in [0.3, 0.4) is 0 Å². The van der Waals surface area contributed by atoms with E-state index in [0.717, 1.165) is 42.6 Å². The van der Waals surface area contributed by atoms with Gasteiger partial charge >= 0.3 is 0 Å². The van der Waals surface area contributed by atoms with Crippen LogP contribution in [0.2, 0.25) is 5.02 Å². The number of carbonyl (C=O) groups is 1. The molecule has 2 unspecified atom stereocenters. The quantitative estimate of drug-likeness (QED) is 0.893. The first-order valence-corrected chi connectivity index (χ1v) is 9.58. The third-order valence-corrected chi connectivity index (χ3v) is 5.39. The number of carbonyl (C=O) groups excluding carboxylic acids is 1. The molecule has 1 N–H and O–H groups in total. The van der Waals surface area contributed by atoms with E-state index >= 15 is 0 Å². The van der Waals surface area contributed by atoms with Crippen molar-refractivity contribution in [1.29, 1.82) is 0 Å². The summed E-state index contributed by atoms with van der Waals surface area (Å²) in [5, 5.41) is 19.7. The molecule has 7 heteroatoms. The van der Waals surface area contributed by atoms with Crippen LogP contribution in [0.4, 0.5) is 0 Å². The summed E-state index contributed by atoms with van der Waals surface area (Å²) in [5.74, 6) is -0.0692. The number of rotatable bonds is 4. The third kappa shape index (κ3) is 2.92. The molecular weight excluding hydrogens is 352 g/mol. The molecule has 1 aromatic carbocycles. The maximum atomic E-state index is 12.9. The van der Waals surface area contributed by atoms with Gasteiger partial charge in [-0.25, -0.2) is 0 Å². The number of aliphatic hydroxyl groups excluding tert-OH is 1. The Balaban J connectivity index is 1.73. The molecule has 4 rings (SSSR count). The minimum absolute atomic E-state index is 0.0692. The predicted molar refractivity (Wildman–Crippen MR) is 99.4 cm³/mol. The van der Waals surface area contributed by atoms with Crippen LogP contribution in [-0.4, -0.2) is 50.1 Å². The van der Waals surface area contributed by atoms with Gasteiger partial charge in [0.25, 0.3) is 5.91 Å². The number of hydrazine groups is 1. The zero-order valence-corrected chi connectivity index (χ0v) is 15.6. The van der Waals surface area contributed by atoms with E-state index in [1.165, 1.54) is 0 Å². The van der Waals surface area contributed by atoms with E-state index < -0.39 is 12.3 Å². The summed E-state index contributed by atoms with van der Waals surface area (Å²) in [6, 6.07) is 8.83. The highest BCUT2D eigenvalue weighted by Crippen LogP contribution is 2.33. The van der Waals surface area contributed by atoms with E-state index in [-0.39, 0.29) is 5.91 Å². The number of aromatic nitrogens is 2. The number of aryl methyl sites for hydroxylation is 1. The van der Waals surface area contributed by atoms with Crippen molar-refractivity contribution >= 4 is 17.5 Å². The Morgan fingerprint density at radius 1 is 1.23 bits per heavy atom. The van der Waals surface area contributed by atoms with Crippen LogP contribution in [0.1, 0.15) is 37.9 Å². The lowest BCUT2D eigenvalue weighted by molar-refractivity contribution is -0.148. The molecule has 1 amide bonds. The smallest absolute Gasteiger partial charge is 0.266 e. The van der Waals surface area contributed by atoms with Crippen molar-refractivity contribution < 1.29 is 9.90 Å². The summed E-state index contributed by atoms with van der Waals surface area (Å²) < 4.78 is 1.73. The first kappa shape index (κ1) is 17.5. The predicted octanol–water partition coefficient (Wildman–Crippen LogP) is 2.87. The molecule has 2 atom stereocenters. The fraction of sp³-hybridized carbons (Fsp3) is 0.474. The Labute approximate surface area is 157 Å². The van der Waals surface area contributed by atoms with E-state index in [4.69, 9.17) is 16.7 Å². The number of nitrogens with zero attached hydrogens (tertiary/aromatic N) is 4. The number of benzene rings is 1. The highest BCUT2D eigenvalue weighted by molar-refractivity contribution is 6.30. The van der Waals surface area contributed by atoms with Gasteiger partial charge in [0, 0.05) is 29.4 Å². The van der Waals surface area contributed by atoms with E-state index in [2.05, 4.69) is 6.92 Å². The molecule has 1 aromatic heterocycles. The largest absolute Gasteiger partial charge is 0.374 e. The minimum Gasteiger partial charge on any atom is -0.374 e. The third-order valence-electron chi connectivity index (χ3n) is 5.14. The molecule has 0 bridgehead atoms. The van der Waals surface area contributed by atoms with Gasteiger partial charge in [-0.05, 0) is 37.5 Å². The lowest BCUT2D eigenvalue weighted by Crippen LogP contribution is -2.46. The number of hydrogen-bond donors (Lipinski definition) is 1.